The summed E-state index contributed by atoms with van der Waals surface area (Å²) >= 11 is 1.85. The second-order valence-electron chi connectivity index (χ2n) is 20.2. The van der Waals surface area contributed by atoms with Gasteiger partial charge in [0.2, 0.25) is 0 Å². The van der Waals surface area contributed by atoms with E-state index < -0.39 is 0 Å². The average molecular weight is 1040 g/mol. The summed E-state index contributed by atoms with van der Waals surface area (Å²) < 4.78 is 7.11. The SMILES string of the molecule is c1ccc(-c2nc3ccc(-c4cccc(-c5ccc(N(c6ccc(-c7cccc(-c8ccc9nc(-c%10ccccc%10)n(-c%10ccccc%10)c9c8)c7)cc6)c6ccc7c(c6)sc6ccccc67)cc5)c4)cc3n2-c2ccccc2)cc1. The van der Waals surface area contributed by atoms with Gasteiger partial charge in [0.1, 0.15) is 11.6 Å². The number of anilines is 3. The zero-order chi connectivity index (χ0) is 52.9. The predicted molar refractivity (Wildman–Crippen MR) is 336 cm³/mol. The van der Waals surface area contributed by atoms with Crippen LogP contribution < -0.4 is 4.90 Å². The van der Waals surface area contributed by atoms with Crippen LogP contribution in [0, 0.1) is 0 Å². The summed E-state index contributed by atoms with van der Waals surface area (Å²) in [5.74, 6) is 1.85. The van der Waals surface area contributed by atoms with Gasteiger partial charge in [-0.25, -0.2) is 9.97 Å². The number of fused-ring (bicyclic) bond motifs is 5. The van der Waals surface area contributed by atoms with Crippen molar-refractivity contribution in [2.24, 2.45) is 0 Å². The molecule has 15 aromatic rings. The van der Waals surface area contributed by atoms with Gasteiger partial charge in [0, 0.05) is 59.7 Å². The van der Waals surface area contributed by atoms with Crippen molar-refractivity contribution in [1.82, 2.24) is 19.1 Å². The van der Waals surface area contributed by atoms with Crippen LogP contribution in [0.25, 0.3) is 121 Å². The second-order valence-corrected chi connectivity index (χ2v) is 21.3. The van der Waals surface area contributed by atoms with Crippen molar-refractivity contribution < 1.29 is 0 Å². The van der Waals surface area contributed by atoms with Gasteiger partial charge >= 0.3 is 0 Å². The highest BCUT2D eigenvalue weighted by Gasteiger charge is 2.20. The van der Waals surface area contributed by atoms with E-state index >= 15 is 0 Å². The summed E-state index contributed by atoms with van der Waals surface area (Å²) in [4.78, 5) is 12.7. The third-order valence-corrected chi connectivity index (χ3v) is 16.5. The molecule has 376 valence electrons. The van der Waals surface area contributed by atoms with Crippen LogP contribution in [0.1, 0.15) is 0 Å². The Hall–Kier alpha value is -10.4. The summed E-state index contributed by atoms with van der Waals surface area (Å²) in [6, 6.07) is 107. The molecule has 3 aromatic heterocycles. The van der Waals surface area contributed by atoms with Crippen molar-refractivity contribution in [2.75, 3.05) is 4.90 Å². The maximum atomic E-state index is 5.16. The molecule has 0 bridgehead atoms. The number of hydrogen-bond donors (Lipinski definition) is 0. The lowest BCUT2D eigenvalue weighted by Crippen LogP contribution is -2.09. The van der Waals surface area contributed by atoms with Gasteiger partial charge in [0.05, 0.1) is 22.1 Å². The van der Waals surface area contributed by atoms with Crippen LogP contribution in [0.5, 0.6) is 0 Å². The molecular weight excluding hydrogens is 991 g/mol. The molecule has 0 aliphatic heterocycles. The number of benzene rings is 12. The summed E-state index contributed by atoms with van der Waals surface area (Å²) in [7, 11) is 0. The molecule has 0 atom stereocenters. The molecule has 6 heteroatoms. The lowest BCUT2D eigenvalue weighted by molar-refractivity contribution is 1.10. The lowest BCUT2D eigenvalue weighted by Gasteiger charge is -2.26. The van der Waals surface area contributed by atoms with E-state index in [1.54, 1.807) is 0 Å². The maximum Gasteiger partial charge on any atom is 0.145 e. The van der Waals surface area contributed by atoms with E-state index in [2.05, 4.69) is 299 Å². The summed E-state index contributed by atoms with van der Waals surface area (Å²) in [6.07, 6.45) is 0. The minimum Gasteiger partial charge on any atom is -0.310 e. The van der Waals surface area contributed by atoms with Gasteiger partial charge in [-0.15, -0.1) is 11.3 Å². The molecule has 15 rings (SSSR count). The van der Waals surface area contributed by atoms with Gasteiger partial charge < -0.3 is 4.90 Å². The quantitative estimate of drug-likeness (QED) is 0.130. The number of hydrogen-bond acceptors (Lipinski definition) is 4. The number of aromatic nitrogens is 4. The van der Waals surface area contributed by atoms with E-state index in [0.717, 1.165) is 118 Å². The molecule has 5 nitrogen and oxygen atoms in total. The largest absolute Gasteiger partial charge is 0.310 e. The molecule has 12 aromatic carbocycles. The lowest BCUT2D eigenvalue weighted by atomic mass is 9.98. The van der Waals surface area contributed by atoms with Crippen molar-refractivity contribution in [3.05, 3.63) is 297 Å². The second kappa shape index (κ2) is 19.9. The number of imidazole rings is 2. The summed E-state index contributed by atoms with van der Waals surface area (Å²) in [5, 5.41) is 2.57. The Morgan fingerprint density at radius 2 is 0.637 bits per heavy atom. The average Bonchev–Trinajstić information content (AvgIpc) is 4.32. The number of thiophene rings is 1. The van der Waals surface area contributed by atoms with Crippen molar-refractivity contribution in [3.63, 3.8) is 0 Å². The Kier molecular flexibility index (Phi) is 11.6. The Morgan fingerprint density at radius 3 is 1.12 bits per heavy atom. The monoisotopic (exact) mass is 1040 g/mol. The Balaban J connectivity index is 0.766. The smallest absolute Gasteiger partial charge is 0.145 e. The minimum atomic E-state index is 0.925. The first-order valence-electron chi connectivity index (χ1n) is 27.0. The van der Waals surface area contributed by atoms with Crippen LogP contribution in [0.2, 0.25) is 0 Å². The predicted octanol–water partition coefficient (Wildman–Crippen LogP) is 20.2. The van der Waals surface area contributed by atoms with Crippen molar-refractivity contribution in [3.8, 4) is 78.7 Å². The number of nitrogens with zero attached hydrogens (tertiary/aromatic N) is 5. The fourth-order valence-corrected chi connectivity index (χ4v) is 12.6. The van der Waals surface area contributed by atoms with Crippen molar-refractivity contribution in [2.45, 2.75) is 0 Å². The minimum absolute atomic E-state index is 0.925. The van der Waals surface area contributed by atoms with Crippen molar-refractivity contribution >= 4 is 70.6 Å². The molecule has 0 aliphatic carbocycles. The van der Waals surface area contributed by atoms with E-state index in [1.807, 2.05) is 23.5 Å². The van der Waals surface area contributed by atoms with Crippen LogP contribution in [-0.2, 0) is 0 Å². The third kappa shape index (κ3) is 8.52. The van der Waals surface area contributed by atoms with Crippen LogP contribution in [0.15, 0.2) is 297 Å². The fourth-order valence-electron chi connectivity index (χ4n) is 11.4. The zero-order valence-corrected chi connectivity index (χ0v) is 44.3. The van der Waals surface area contributed by atoms with Crippen molar-refractivity contribution in [1.29, 1.82) is 0 Å². The Bertz CT molecular complexity index is 4490. The normalized spacial score (nSPS) is 11.5. The molecule has 0 aliphatic rings. The highest BCUT2D eigenvalue weighted by atomic mass is 32.1. The zero-order valence-electron chi connectivity index (χ0n) is 43.4. The fraction of sp³-hybridized carbons (Fsp3) is 0. The molecule has 0 N–H and O–H groups in total. The molecule has 80 heavy (non-hydrogen) atoms. The number of para-hydroxylation sites is 2. The van der Waals surface area contributed by atoms with E-state index in [-0.39, 0.29) is 0 Å². The van der Waals surface area contributed by atoms with E-state index in [1.165, 1.54) is 20.2 Å². The molecule has 0 spiro atoms. The summed E-state index contributed by atoms with van der Waals surface area (Å²) in [6.45, 7) is 0. The number of rotatable bonds is 11. The maximum absolute atomic E-state index is 5.16. The van der Waals surface area contributed by atoms with Gasteiger partial charge in [0.25, 0.3) is 0 Å². The molecule has 0 saturated heterocycles. The van der Waals surface area contributed by atoms with Gasteiger partial charge in [-0.3, -0.25) is 9.13 Å². The third-order valence-electron chi connectivity index (χ3n) is 15.3. The first-order valence-corrected chi connectivity index (χ1v) is 27.9. The van der Waals surface area contributed by atoms with Crippen LogP contribution >= 0.6 is 11.3 Å². The highest BCUT2D eigenvalue weighted by molar-refractivity contribution is 7.25. The first kappa shape index (κ1) is 46.9. The standard InChI is InChI=1S/C74H49N5S/c1-5-17-52(18-6-1)73-75-67-43-35-58(47-69(67)78(73)60-25-9-3-10-26-60)56-23-15-21-54(45-56)50-31-37-62(38-32-50)77(64-41-42-66-65-29-13-14-30-71(65)80-72(66)49-64)63-39-33-51(34-40-63)55-22-16-24-57(46-55)59-36-44-68-70(48-59)79(61-27-11-4-12-28-61)74(76-68)53-19-7-2-8-20-53/h1-49H. The summed E-state index contributed by atoms with van der Waals surface area (Å²) in [5.41, 5.74) is 20.8. The first-order chi connectivity index (χ1) is 39.6. The van der Waals surface area contributed by atoms with Crippen LogP contribution in [0.3, 0.4) is 0 Å². The van der Waals surface area contributed by atoms with Gasteiger partial charge in [0.15, 0.2) is 0 Å². The van der Waals surface area contributed by atoms with Gasteiger partial charge in [-0.1, -0.05) is 194 Å². The highest BCUT2D eigenvalue weighted by Crippen LogP contribution is 2.43. The molecular formula is C74H49N5S. The molecule has 3 heterocycles. The molecule has 0 radical (unpaired) electrons. The van der Waals surface area contributed by atoms with Gasteiger partial charge in [-0.05, 0) is 148 Å². The molecule has 0 saturated carbocycles. The molecule has 0 amide bonds. The van der Waals surface area contributed by atoms with E-state index in [0.29, 0.717) is 0 Å². The van der Waals surface area contributed by atoms with E-state index in [4.69, 9.17) is 9.97 Å². The Labute approximate surface area is 467 Å². The molecule has 0 unspecified atom stereocenters. The van der Waals surface area contributed by atoms with Crippen LogP contribution in [-0.4, -0.2) is 19.1 Å². The van der Waals surface area contributed by atoms with Gasteiger partial charge in [-0.2, -0.15) is 0 Å². The van der Waals surface area contributed by atoms with Crippen LogP contribution in [0.4, 0.5) is 17.1 Å². The van der Waals surface area contributed by atoms with E-state index in [9.17, 15) is 0 Å². The Morgan fingerprint density at radius 1 is 0.263 bits per heavy atom. The topological polar surface area (TPSA) is 38.9 Å². The molecule has 0 fully saturated rings.